The molecule has 3 rings (SSSR count). The van der Waals surface area contributed by atoms with Gasteiger partial charge in [0.2, 0.25) is 5.91 Å². The predicted octanol–water partition coefficient (Wildman–Crippen LogP) is 5.31. The number of hydrogen-bond acceptors (Lipinski definition) is 4. The fourth-order valence-electron chi connectivity index (χ4n) is 2.90. The molecule has 5 nitrogen and oxygen atoms in total. The smallest absolute Gasteiger partial charge is 0.407 e. The fourth-order valence-corrected chi connectivity index (χ4v) is 3.71. The summed E-state index contributed by atoms with van der Waals surface area (Å²) in [7, 11) is 0. The van der Waals surface area contributed by atoms with E-state index in [1.807, 2.05) is 71.4 Å². The van der Waals surface area contributed by atoms with Crippen molar-refractivity contribution >= 4 is 34.9 Å². The van der Waals surface area contributed by atoms with Gasteiger partial charge in [-0.2, -0.15) is 11.3 Å². The maximum absolute atomic E-state index is 12.5. The highest BCUT2D eigenvalue weighted by Crippen LogP contribution is 2.25. The highest BCUT2D eigenvalue weighted by Gasteiger charge is 2.17. The Balaban J connectivity index is 1.42. The Bertz CT molecular complexity index is 931. The molecule has 2 amide bonds. The molecule has 1 heterocycles. The lowest BCUT2D eigenvalue weighted by molar-refractivity contribution is -0.121. The first-order valence-corrected chi connectivity index (χ1v) is 11.0. The number of amides is 2. The van der Waals surface area contributed by atoms with Crippen molar-refractivity contribution < 1.29 is 14.3 Å². The summed E-state index contributed by atoms with van der Waals surface area (Å²) in [6.45, 7) is 0.585. The van der Waals surface area contributed by atoms with Crippen LogP contribution in [0, 0.1) is 0 Å². The molecule has 0 aliphatic rings. The topological polar surface area (TPSA) is 67.4 Å². The van der Waals surface area contributed by atoms with Gasteiger partial charge in [0.05, 0.1) is 6.04 Å². The minimum absolute atomic E-state index is 0.0828. The molecule has 0 fully saturated rings. The van der Waals surface area contributed by atoms with E-state index in [0.717, 1.165) is 16.7 Å². The fraction of sp³-hybridized carbons (Fsp3) is 0.217. The van der Waals surface area contributed by atoms with E-state index >= 15 is 0 Å². The number of rotatable bonds is 9. The molecule has 1 atom stereocenters. The quantitative estimate of drug-likeness (QED) is 0.441. The molecule has 1 aromatic heterocycles. The molecule has 2 aromatic carbocycles. The normalized spacial score (nSPS) is 11.5. The van der Waals surface area contributed by atoms with Crippen molar-refractivity contribution in [1.82, 2.24) is 10.6 Å². The molecule has 0 aliphatic carbocycles. The van der Waals surface area contributed by atoms with E-state index in [2.05, 4.69) is 10.6 Å². The number of benzene rings is 2. The molecule has 30 heavy (non-hydrogen) atoms. The summed E-state index contributed by atoms with van der Waals surface area (Å²) in [4.78, 5) is 24.2. The zero-order valence-electron chi connectivity index (χ0n) is 16.3. The van der Waals surface area contributed by atoms with Crippen molar-refractivity contribution in [3.63, 3.8) is 0 Å². The van der Waals surface area contributed by atoms with E-state index in [1.54, 1.807) is 11.3 Å². The van der Waals surface area contributed by atoms with Gasteiger partial charge in [-0.1, -0.05) is 54.1 Å². The van der Waals surface area contributed by atoms with Crippen LogP contribution in [0.3, 0.4) is 0 Å². The maximum atomic E-state index is 12.5. The van der Waals surface area contributed by atoms with Crippen LogP contribution in [0.1, 0.15) is 35.6 Å². The number of hydrogen-bond donors (Lipinski definition) is 2. The van der Waals surface area contributed by atoms with Crippen molar-refractivity contribution in [2.24, 2.45) is 0 Å². The zero-order valence-corrected chi connectivity index (χ0v) is 17.9. The SMILES string of the molecule is O=C(CCCNC(=O)OCc1ccccc1)NC(c1ccc(Cl)cc1)c1ccsc1. The molecule has 156 valence electrons. The van der Waals surface area contributed by atoms with Crippen LogP contribution in [-0.4, -0.2) is 18.5 Å². The minimum atomic E-state index is -0.489. The van der Waals surface area contributed by atoms with Gasteiger partial charge in [0.25, 0.3) is 0 Å². The monoisotopic (exact) mass is 442 g/mol. The lowest BCUT2D eigenvalue weighted by Crippen LogP contribution is -2.30. The number of alkyl carbamates (subject to hydrolysis) is 1. The van der Waals surface area contributed by atoms with Crippen LogP contribution in [0.25, 0.3) is 0 Å². The summed E-state index contributed by atoms with van der Waals surface area (Å²) in [5, 5.41) is 10.4. The van der Waals surface area contributed by atoms with E-state index < -0.39 is 6.09 Å². The second kappa shape index (κ2) is 11.4. The molecule has 1 unspecified atom stereocenters. The lowest BCUT2D eigenvalue weighted by atomic mass is 10.0. The highest BCUT2D eigenvalue weighted by atomic mass is 35.5. The Hall–Kier alpha value is -2.83. The number of ether oxygens (including phenoxy) is 1. The average molecular weight is 443 g/mol. The van der Waals surface area contributed by atoms with Crippen LogP contribution >= 0.6 is 22.9 Å². The first-order chi connectivity index (χ1) is 14.6. The van der Waals surface area contributed by atoms with E-state index in [9.17, 15) is 9.59 Å². The standard InChI is InChI=1S/C23H23ClN2O3S/c24-20-10-8-18(9-11-20)22(19-12-14-30-16-19)26-21(27)7-4-13-25-23(28)29-15-17-5-2-1-3-6-17/h1-3,5-6,8-12,14,16,22H,4,7,13,15H2,(H,25,28)(H,26,27). The van der Waals surface area contributed by atoms with Gasteiger partial charge in [0.1, 0.15) is 6.61 Å². The Morgan fingerprint density at radius 2 is 1.77 bits per heavy atom. The first kappa shape index (κ1) is 21.9. The third-order valence-electron chi connectivity index (χ3n) is 4.45. The van der Waals surface area contributed by atoms with Crippen LogP contribution < -0.4 is 10.6 Å². The van der Waals surface area contributed by atoms with Crippen LogP contribution in [0.2, 0.25) is 5.02 Å². The van der Waals surface area contributed by atoms with Gasteiger partial charge in [0.15, 0.2) is 0 Å². The van der Waals surface area contributed by atoms with Crippen molar-refractivity contribution in [3.05, 3.63) is 93.1 Å². The molecule has 3 aromatic rings. The van der Waals surface area contributed by atoms with Crippen LogP contribution in [0.5, 0.6) is 0 Å². The molecular weight excluding hydrogens is 420 g/mol. The van der Waals surface area contributed by atoms with Crippen LogP contribution in [-0.2, 0) is 16.1 Å². The summed E-state index contributed by atoms with van der Waals surface area (Å²) in [5.41, 5.74) is 2.92. The number of halogens is 1. The molecule has 2 N–H and O–H groups in total. The van der Waals surface area contributed by atoms with Crippen molar-refractivity contribution in [3.8, 4) is 0 Å². The summed E-state index contributed by atoms with van der Waals surface area (Å²) in [6, 6.07) is 18.7. The number of nitrogens with one attached hydrogen (secondary N) is 2. The molecule has 0 spiro atoms. The van der Waals surface area contributed by atoms with Gasteiger partial charge in [-0.15, -0.1) is 0 Å². The van der Waals surface area contributed by atoms with E-state index in [0.29, 0.717) is 24.4 Å². The second-order valence-electron chi connectivity index (χ2n) is 6.70. The summed E-state index contributed by atoms with van der Waals surface area (Å²) in [5.74, 6) is -0.0828. The zero-order chi connectivity index (χ0) is 21.2. The number of thiophene rings is 1. The van der Waals surface area contributed by atoms with Gasteiger partial charge in [0, 0.05) is 18.0 Å². The number of carbonyl (C=O) groups excluding carboxylic acids is 2. The highest BCUT2D eigenvalue weighted by molar-refractivity contribution is 7.08. The molecule has 0 radical (unpaired) electrons. The maximum Gasteiger partial charge on any atom is 0.407 e. The molecule has 0 saturated carbocycles. The first-order valence-electron chi connectivity index (χ1n) is 9.63. The molecule has 7 heteroatoms. The lowest BCUT2D eigenvalue weighted by Gasteiger charge is -2.19. The van der Waals surface area contributed by atoms with Crippen LogP contribution in [0.15, 0.2) is 71.4 Å². The number of carbonyl (C=O) groups is 2. The Morgan fingerprint density at radius 3 is 2.47 bits per heavy atom. The third-order valence-corrected chi connectivity index (χ3v) is 5.40. The second-order valence-corrected chi connectivity index (χ2v) is 7.92. The predicted molar refractivity (Wildman–Crippen MR) is 120 cm³/mol. The van der Waals surface area contributed by atoms with Gasteiger partial charge in [-0.3, -0.25) is 4.79 Å². The molecular formula is C23H23ClN2O3S. The Kier molecular flexibility index (Phi) is 8.30. The summed E-state index contributed by atoms with van der Waals surface area (Å²) < 4.78 is 5.16. The van der Waals surface area contributed by atoms with Crippen molar-refractivity contribution in [2.75, 3.05) is 6.54 Å². The largest absolute Gasteiger partial charge is 0.445 e. The molecule has 0 bridgehead atoms. The molecule has 0 saturated heterocycles. The van der Waals surface area contributed by atoms with Crippen LogP contribution in [0.4, 0.5) is 4.79 Å². The third kappa shape index (κ3) is 6.90. The Labute approximate surface area is 185 Å². The molecule has 0 aliphatic heterocycles. The summed E-state index contributed by atoms with van der Waals surface area (Å²) >= 11 is 7.57. The summed E-state index contributed by atoms with van der Waals surface area (Å²) in [6.07, 6.45) is 0.327. The van der Waals surface area contributed by atoms with E-state index in [1.165, 1.54) is 0 Å². The van der Waals surface area contributed by atoms with Crippen molar-refractivity contribution in [2.45, 2.75) is 25.5 Å². The minimum Gasteiger partial charge on any atom is -0.445 e. The van der Waals surface area contributed by atoms with E-state index in [-0.39, 0.29) is 18.6 Å². The average Bonchev–Trinajstić information content (AvgIpc) is 3.30. The van der Waals surface area contributed by atoms with Gasteiger partial charge >= 0.3 is 6.09 Å². The Morgan fingerprint density at radius 1 is 1.00 bits per heavy atom. The van der Waals surface area contributed by atoms with Gasteiger partial charge in [-0.05, 0) is 52.1 Å². The van der Waals surface area contributed by atoms with Gasteiger partial charge < -0.3 is 15.4 Å². The van der Waals surface area contributed by atoms with Crippen molar-refractivity contribution in [1.29, 1.82) is 0 Å². The van der Waals surface area contributed by atoms with E-state index in [4.69, 9.17) is 16.3 Å². The van der Waals surface area contributed by atoms with Gasteiger partial charge in [-0.25, -0.2) is 4.79 Å².